The summed E-state index contributed by atoms with van der Waals surface area (Å²) in [6.45, 7) is 0.216. The van der Waals surface area contributed by atoms with E-state index in [2.05, 4.69) is 4.98 Å². The highest BCUT2D eigenvalue weighted by Gasteiger charge is 2.17. The second-order valence-electron chi connectivity index (χ2n) is 5.91. The molecule has 6 heteroatoms. The fourth-order valence-corrected chi connectivity index (χ4v) is 2.89. The Balaban J connectivity index is 1.94. The van der Waals surface area contributed by atoms with Gasteiger partial charge >= 0.3 is 0 Å². The first-order valence-corrected chi connectivity index (χ1v) is 7.91. The zero-order chi connectivity index (χ0) is 18.3. The molecule has 1 aromatic heterocycles. The van der Waals surface area contributed by atoms with E-state index in [-0.39, 0.29) is 40.9 Å². The van der Waals surface area contributed by atoms with Gasteiger partial charge in [-0.15, -0.1) is 0 Å². The van der Waals surface area contributed by atoms with Gasteiger partial charge in [0.1, 0.15) is 6.61 Å². The second-order valence-corrected chi connectivity index (χ2v) is 5.91. The third-order valence-electron chi connectivity index (χ3n) is 4.19. The summed E-state index contributed by atoms with van der Waals surface area (Å²) >= 11 is 0. The van der Waals surface area contributed by atoms with Gasteiger partial charge in [-0.1, -0.05) is 30.3 Å². The van der Waals surface area contributed by atoms with Gasteiger partial charge in [0.25, 0.3) is 0 Å². The van der Waals surface area contributed by atoms with E-state index in [0.717, 1.165) is 5.56 Å². The smallest absolute Gasteiger partial charge is 0.226 e. The van der Waals surface area contributed by atoms with E-state index in [9.17, 15) is 20.4 Å². The summed E-state index contributed by atoms with van der Waals surface area (Å²) in [4.78, 5) is 4.36. The van der Waals surface area contributed by atoms with E-state index in [4.69, 9.17) is 4.74 Å². The maximum atomic E-state index is 10.3. The van der Waals surface area contributed by atoms with Gasteiger partial charge in [0.2, 0.25) is 5.88 Å². The van der Waals surface area contributed by atoms with Crippen molar-refractivity contribution >= 4 is 21.7 Å². The molecule has 0 spiro atoms. The van der Waals surface area contributed by atoms with Crippen molar-refractivity contribution in [2.75, 3.05) is 0 Å². The third-order valence-corrected chi connectivity index (χ3v) is 4.19. The lowest BCUT2D eigenvalue weighted by atomic mass is 10.0. The van der Waals surface area contributed by atoms with Crippen molar-refractivity contribution in [1.82, 2.24) is 4.98 Å². The maximum absolute atomic E-state index is 10.3. The van der Waals surface area contributed by atoms with Gasteiger partial charge in [-0.25, -0.2) is 4.98 Å². The molecule has 0 saturated carbocycles. The first-order chi connectivity index (χ1) is 12.5. The minimum atomic E-state index is -0.354. The monoisotopic (exact) mass is 349 g/mol. The Morgan fingerprint density at radius 1 is 0.769 bits per heavy atom. The normalized spacial score (nSPS) is 11.1. The molecule has 26 heavy (non-hydrogen) atoms. The summed E-state index contributed by atoms with van der Waals surface area (Å²) < 4.78 is 5.79. The van der Waals surface area contributed by atoms with Crippen molar-refractivity contribution in [1.29, 1.82) is 0 Å². The highest BCUT2D eigenvalue weighted by atomic mass is 16.5. The van der Waals surface area contributed by atoms with Crippen LogP contribution in [0.3, 0.4) is 0 Å². The molecule has 130 valence electrons. The molecule has 4 rings (SSSR count). The molecule has 0 saturated heterocycles. The summed E-state index contributed by atoms with van der Waals surface area (Å²) in [7, 11) is 0. The molecule has 0 bridgehead atoms. The molecule has 0 aliphatic carbocycles. The molecule has 3 aromatic carbocycles. The van der Waals surface area contributed by atoms with Crippen LogP contribution in [0.15, 0.2) is 54.6 Å². The van der Waals surface area contributed by atoms with Gasteiger partial charge in [-0.3, -0.25) is 0 Å². The Bertz CT molecular complexity index is 1130. The predicted molar refractivity (Wildman–Crippen MR) is 96.7 cm³/mol. The lowest BCUT2D eigenvalue weighted by molar-refractivity contribution is 0.297. The first-order valence-electron chi connectivity index (χ1n) is 7.91. The van der Waals surface area contributed by atoms with Gasteiger partial charge in [0, 0.05) is 16.8 Å². The Morgan fingerprint density at radius 2 is 1.50 bits per heavy atom. The topological polar surface area (TPSA) is 103 Å². The minimum Gasteiger partial charge on any atom is -0.504 e. The van der Waals surface area contributed by atoms with E-state index in [1.807, 2.05) is 30.3 Å². The average Bonchev–Trinajstić information content (AvgIpc) is 2.64. The van der Waals surface area contributed by atoms with Crippen LogP contribution in [0.25, 0.3) is 21.7 Å². The number of phenols is 4. The summed E-state index contributed by atoms with van der Waals surface area (Å²) in [6, 6.07) is 15.1. The molecule has 0 radical (unpaired) electrons. The average molecular weight is 349 g/mol. The lowest BCUT2D eigenvalue weighted by Crippen LogP contribution is -1.99. The number of rotatable bonds is 3. The fourth-order valence-electron chi connectivity index (χ4n) is 2.89. The molecule has 0 fully saturated rings. The second kappa shape index (κ2) is 6.00. The highest BCUT2D eigenvalue weighted by molar-refractivity contribution is 6.11. The van der Waals surface area contributed by atoms with Crippen LogP contribution < -0.4 is 4.74 Å². The van der Waals surface area contributed by atoms with Crippen LogP contribution >= 0.6 is 0 Å². The van der Waals surface area contributed by atoms with E-state index >= 15 is 0 Å². The van der Waals surface area contributed by atoms with Gasteiger partial charge in [0.15, 0.2) is 23.0 Å². The largest absolute Gasteiger partial charge is 0.504 e. The third kappa shape index (κ3) is 2.57. The quantitative estimate of drug-likeness (QED) is 0.331. The van der Waals surface area contributed by atoms with Crippen LogP contribution in [0.5, 0.6) is 28.9 Å². The van der Waals surface area contributed by atoms with Gasteiger partial charge in [0.05, 0.1) is 10.9 Å². The number of hydrogen-bond acceptors (Lipinski definition) is 6. The van der Waals surface area contributed by atoms with Crippen LogP contribution in [-0.2, 0) is 6.61 Å². The molecule has 0 atom stereocenters. The van der Waals surface area contributed by atoms with Crippen molar-refractivity contribution in [2.45, 2.75) is 6.61 Å². The zero-order valence-electron chi connectivity index (χ0n) is 13.5. The number of aromatic nitrogens is 1. The van der Waals surface area contributed by atoms with Crippen LogP contribution in [0, 0.1) is 0 Å². The molecular weight excluding hydrogens is 334 g/mol. The summed E-state index contributed by atoms with van der Waals surface area (Å²) in [6.07, 6.45) is 0. The van der Waals surface area contributed by atoms with Crippen molar-refractivity contribution in [3.8, 4) is 28.9 Å². The number of nitrogens with zero attached hydrogens (tertiary/aromatic N) is 1. The van der Waals surface area contributed by atoms with Crippen molar-refractivity contribution < 1.29 is 25.2 Å². The van der Waals surface area contributed by atoms with Crippen molar-refractivity contribution in [3.63, 3.8) is 0 Å². The van der Waals surface area contributed by atoms with Crippen LogP contribution in [0.2, 0.25) is 0 Å². The molecule has 0 unspecified atom stereocenters. The van der Waals surface area contributed by atoms with E-state index < -0.39 is 0 Å². The number of phenolic OH excluding ortho intramolecular Hbond substituents is 4. The Labute approximate surface area is 148 Å². The van der Waals surface area contributed by atoms with E-state index in [0.29, 0.717) is 16.3 Å². The van der Waals surface area contributed by atoms with Crippen LogP contribution in [0.1, 0.15) is 5.56 Å². The van der Waals surface area contributed by atoms with Gasteiger partial charge in [-0.05, 0) is 23.8 Å². The van der Waals surface area contributed by atoms with E-state index in [1.165, 1.54) is 18.2 Å². The summed E-state index contributed by atoms with van der Waals surface area (Å²) in [5.74, 6) is -1.14. The number of aromatic hydroxyl groups is 4. The van der Waals surface area contributed by atoms with Crippen molar-refractivity contribution in [3.05, 3.63) is 60.2 Å². The number of pyridine rings is 1. The molecule has 4 aromatic rings. The molecule has 0 aliphatic heterocycles. The molecular formula is C20H15NO5. The summed E-state index contributed by atoms with van der Waals surface area (Å²) in [5, 5.41) is 41.1. The molecule has 6 nitrogen and oxygen atoms in total. The van der Waals surface area contributed by atoms with Gasteiger partial charge < -0.3 is 25.2 Å². The predicted octanol–water partition coefficient (Wildman–Crippen LogP) is 3.79. The van der Waals surface area contributed by atoms with Crippen LogP contribution in [0.4, 0.5) is 0 Å². The highest BCUT2D eigenvalue weighted by Crippen LogP contribution is 2.43. The van der Waals surface area contributed by atoms with Crippen LogP contribution in [-0.4, -0.2) is 25.4 Å². The summed E-state index contributed by atoms with van der Waals surface area (Å²) in [5.41, 5.74) is 1.30. The number of benzene rings is 3. The van der Waals surface area contributed by atoms with Gasteiger partial charge in [-0.2, -0.15) is 0 Å². The SMILES string of the molecule is Oc1cc2nc(OCc3ccccc3)c3c(O)c(O)ccc3c2cc1O. The Hall–Kier alpha value is -3.67. The maximum Gasteiger partial charge on any atom is 0.226 e. The molecule has 0 amide bonds. The van der Waals surface area contributed by atoms with Crippen molar-refractivity contribution in [2.24, 2.45) is 0 Å². The first kappa shape index (κ1) is 15.8. The molecule has 4 N–H and O–H groups in total. The Morgan fingerprint density at radius 3 is 2.27 bits per heavy atom. The fraction of sp³-hybridized carbons (Fsp3) is 0.0500. The molecule has 1 heterocycles. The standard InChI is InChI=1S/C20H15NO5/c22-15-7-6-12-13-8-16(23)17(24)9-14(13)21-20(18(12)19(15)25)26-10-11-4-2-1-3-5-11/h1-9,22-25H,10H2. The number of hydrogen-bond donors (Lipinski definition) is 4. The van der Waals surface area contributed by atoms with E-state index in [1.54, 1.807) is 6.07 Å². The zero-order valence-corrected chi connectivity index (χ0v) is 13.5. The molecule has 0 aliphatic rings. The minimum absolute atomic E-state index is 0.120. The number of ether oxygens (including phenoxy) is 1. The Kier molecular flexibility index (Phi) is 3.65. The number of fused-ring (bicyclic) bond motifs is 3. The lowest BCUT2D eigenvalue weighted by Gasteiger charge is -2.13.